The van der Waals surface area contributed by atoms with Crippen LogP contribution in [0.1, 0.15) is 18.9 Å². The first-order valence-electron chi connectivity index (χ1n) is 9.07. The summed E-state index contributed by atoms with van der Waals surface area (Å²) in [5.74, 6) is -2.30. The lowest BCUT2D eigenvalue weighted by atomic mass is 10.1. The van der Waals surface area contributed by atoms with Crippen LogP contribution in [0.5, 0.6) is 0 Å². The van der Waals surface area contributed by atoms with Crippen molar-refractivity contribution in [3.63, 3.8) is 0 Å². The molecule has 3 rings (SSSR count). The fraction of sp³-hybridized carbons (Fsp3) is 0.286. The zero-order chi connectivity index (χ0) is 20.1. The molecule has 1 saturated heterocycles. The summed E-state index contributed by atoms with van der Waals surface area (Å²) >= 11 is 0. The molecule has 1 aliphatic heterocycles. The average Bonchev–Trinajstić information content (AvgIpc) is 3.10. The lowest BCUT2D eigenvalue weighted by molar-refractivity contribution is -0.151. The van der Waals surface area contributed by atoms with Gasteiger partial charge in [-0.05, 0) is 48.4 Å². The molecule has 1 atom stereocenters. The number of hydrogen-bond donors (Lipinski definition) is 1. The molecular formula is C21H21FN2O4. The molecule has 1 N–H and O–H groups in total. The van der Waals surface area contributed by atoms with E-state index in [0.29, 0.717) is 5.69 Å². The number of nitrogens with zero attached hydrogens (tertiary/aromatic N) is 1. The van der Waals surface area contributed by atoms with Crippen LogP contribution < -0.4 is 10.2 Å². The molecule has 146 valence electrons. The van der Waals surface area contributed by atoms with Crippen LogP contribution in [0.15, 0.2) is 48.5 Å². The Hall–Kier alpha value is -3.22. The summed E-state index contributed by atoms with van der Waals surface area (Å²) in [7, 11) is 0. The van der Waals surface area contributed by atoms with E-state index >= 15 is 0 Å². The summed E-state index contributed by atoms with van der Waals surface area (Å²) in [6.07, 6.45) is 0.955. The minimum atomic E-state index is -0.614. The summed E-state index contributed by atoms with van der Waals surface area (Å²) in [5.41, 5.74) is 2.31. The lowest BCUT2D eigenvalue weighted by Crippen LogP contribution is -2.28. The van der Waals surface area contributed by atoms with Gasteiger partial charge in [0.25, 0.3) is 5.91 Å². The Morgan fingerprint density at radius 1 is 1.14 bits per heavy atom. The van der Waals surface area contributed by atoms with Crippen LogP contribution in [0.3, 0.4) is 0 Å². The van der Waals surface area contributed by atoms with Gasteiger partial charge in [0.05, 0.1) is 5.92 Å². The minimum absolute atomic E-state index is 0.0495. The van der Waals surface area contributed by atoms with E-state index in [1.54, 1.807) is 4.90 Å². The van der Waals surface area contributed by atoms with E-state index < -0.39 is 30.2 Å². The first kappa shape index (κ1) is 19.5. The van der Waals surface area contributed by atoms with Crippen molar-refractivity contribution in [3.8, 4) is 0 Å². The third kappa shape index (κ3) is 4.73. The Morgan fingerprint density at radius 2 is 1.82 bits per heavy atom. The van der Waals surface area contributed by atoms with Crippen molar-refractivity contribution in [3.05, 3.63) is 59.9 Å². The second-order valence-electron chi connectivity index (χ2n) is 6.59. The molecule has 2 aromatic carbocycles. The van der Waals surface area contributed by atoms with Crippen LogP contribution in [0.4, 0.5) is 15.8 Å². The van der Waals surface area contributed by atoms with Crippen LogP contribution in [0, 0.1) is 11.7 Å². The molecule has 0 spiro atoms. The maximum atomic E-state index is 12.9. The summed E-state index contributed by atoms with van der Waals surface area (Å²) in [4.78, 5) is 37.9. The van der Waals surface area contributed by atoms with E-state index in [1.807, 2.05) is 31.2 Å². The SMILES string of the molecule is CCc1ccc(N2C[C@H](C(=O)OCC(=O)Nc3ccc(F)cc3)CC2=O)cc1. The number of ether oxygens (including phenoxy) is 1. The van der Waals surface area contributed by atoms with Crippen LogP contribution >= 0.6 is 0 Å². The van der Waals surface area contributed by atoms with E-state index in [2.05, 4.69) is 5.32 Å². The summed E-state index contributed by atoms with van der Waals surface area (Å²) < 4.78 is 17.9. The number of aryl methyl sites for hydroxylation is 1. The molecule has 0 aliphatic carbocycles. The van der Waals surface area contributed by atoms with Crippen molar-refractivity contribution >= 4 is 29.2 Å². The molecule has 0 radical (unpaired) electrons. The number of carbonyl (C=O) groups is 3. The fourth-order valence-electron chi connectivity index (χ4n) is 3.01. The molecule has 0 aromatic heterocycles. The predicted molar refractivity (Wildman–Crippen MR) is 102 cm³/mol. The topological polar surface area (TPSA) is 75.7 Å². The average molecular weight is 384 g/mol. The number of benzene rings is 2. The van der Waals surface area contributed by atoms with Gasteiger partial charge in [-0.3, -0.25) is 14.4 Å². The zero-order valence-corrected chi connectivity index (χ0v) is 15.5. The number of hydrogen-bond acceptors (Lipinski definition) is 4. The molecule has 2 aromatic rings. The summed E-state index contributed by atoms with van der Waals surface area (Å²) in [5, 5.41) is 2.51. The zero-order valence-electron chi connectivity index (χ0n) is 15.5. The first-order chi connectivity index (χ1) is 13.5. The molecule has 1 aliphatic rings. The van der Waals surface area contributed by atoms with Crippen molar-refractivity contribution < 1.29 is 23.5 Å². The summed E-state index contributed by atoms with van der Waals surface area (Å²) in [6.45, 7) is 1.81. The Bertz CT molecular complexity index is 865. The highest BCUT2D eigenvalue weighted by atomic mass is 19.1. The molecule has 1 fully saturated rings. The van der Waals surface area contributed by atoms with Gasteiger partial charge in [-0.1, -0.05) is 19.1 Å². The van der Waals surface area contributed by atoms with Crippen molar-refractivity contribution in [1.29, 1.82) is 0 Å². The maximum Gasteiger partial charge on any atom is 0.311 e. The van der Waals surface area contributed by atoms with Crippen LogP contribution in [-0.2, 0) is 25.5 Å². The van der Waals surface area contributed by atoms with Gasteiger partial charge in [-0.25, -0.2) is 4.39 Å². The third-order valence-corrected chi connectivity index (χ3v) is 4.59. The second-order valence-corrected chi connectivity index (χ2v) is 6.59. The van der Waals surface area contributed by atoms with Crippen molar-refractivity contribution in [1.82, 2.24) is 0 Å². The lowest BCUT2D eigenvalue weighted by Gasteiger charge is -2.17. The van der Waals surface area contributed by atoms with Gasteiger partial charge in [0.15, 0.2) is 6.61 Å². The molecule has 0 bridgehead atoms. The maximum absolute atomic E-state index is 12.9. The number of rotatable bonds is 6. The second kappa shape index (κ2) is 8.65. The summed E-state index contributed by atoms with van der Waals surface area (Å²) in [6, 6.07) is 12.9. The van der Waals surface area contributed by atoms with Gasteiger partial charge < -0.3 is 15.0 Å². The molecule has 28 heavy (non-hydrogen) atoms. The number of amides is 2. The van der Waals surface area contributed by atoms with E-state index in [1.165, 1.54) is 29.8 Å². The largest absolute Gasteiger partial charge is 0.455 e. The normalized spacial score (nSPS) is 16.1. The molecule has 1 heterocycles. The van der Waals surface area contributed by atoms with E-state index in [9.17, 15) is 18.8 Å². The third-order valence-electron chi connectivity index (χ3n) is 4.59. The molecule has 0 saturated carbocycles. The van der Waals surface area contributed by atoms with Crippen molar-refractivity contribution in [2.75, 3.05) is 23.4 Å². The molecule has 0 unspecified atom stereocenters. The van der Waals surface area contributed by atoms with Crippen molar-refractivity contribution in [2.45, 2.75) is 19.8 Å². The Labute approximate surface area is 162 Å². The number of halogens is 1. The van der Waals surface area contributed by atoms with E-state index in [-0.39, 0.29) is 18.9 Å². The van der Waals surface area contributed by atoms with E-state index in [4.69, 9.17) is 4.74 Å². The standard InChI is InChI=1S/C21H21FN2O4/c1-2-14-3-9-18(10-4-14)24-12-15(11-20(24)26)21(27)28-13-19(25)23-17-7-5-16(22)6-8-17/h3-10,15H,2,11-13H2,1H3,(H,23,25)/t15-/m1/s1. The van der Waals surface area contributed by atoms with Gasteiger partial charge in [-0.15, -0.1) is 0 Å². The van der Waals surface area contributed by atoms with Crippen LogP contribution in [0.25, 0.3) is 0 Å². The van der Waals surface area contributed by atoms with Crippen LogP contribution in [-0.4, -0.2) is 30.9 Å². The van der Waals surface area contributed by atoms with Gasteiger partial charge in [0, 0.05) is 24.3 Å². The molecule has 7 heteroatoms. The highest BCUT2D eigenvalue weighted by Gasteiger charge is 2.36. The van der Waals surface area contributed by atoms with Crippen molar-refractivity contribution in [2.24, 2.45) is 5.92 Å². The fourth-order valence-corrected chi connectivity index (χ4v) is 3.01. The van der Waals surface area contributed by atoms with Gasteiger partial charge in [0.2, 0.25) is 5.91 Å². The van der Waals surface area contributed by atoms with Crippen LogP contribution in [0.2, 0.25) is 0 Å². The molecule has 2 amide bonds. The predicted octanol–water partition coefficient (Wildman–Crippen LogP) is 2.92. The molecular weight excluding hydrogens is 363 g/mol. The first-order valence-corrected chi connectivity index (χ1v) is 9.07. The number of nitrogens with one attached hydrogen (secondary N) is 1. The van der Waals surface area contributed by atoms with Gasteiger partial charge in [0.1, 0.15) is 5.82 Å². The smallest absolute Gasteiger partial charge is 0.311 e. The highest BCUT2D eigenvalue weighted by molar-refractivity contribution is 6.00. The Morgan fingerprint density at radius 3 is 2.46 bits per heavy atom. The molecule has 6 nitrogen and oxygen atoms in total. The quantitative estimate of drug-likeness (QED) is 0.777. The van der Waals surface area contributed by atoms with Gasteiger partial charge in [-0.2, -0.15) is 0 Å². The Kier molecular flexibility index (Phi) is 6.03. The number of esters is 1. The highest BCUT2D eigenvalue weighted by Crippen LogP contribution is 2.26. The van der Waals surface area contributed by atoms with E-state index in [0.717, 1.165) is 12.1 Å². The minimum Gasteiger partial charge on any atom is -0.455 e. The van der Waals surface area contributed by atoms with Gasteiger partial charge >= 0.3 is 5.97 Å². The monoisotopic (exact) mass is 384 g/mol. The number of carbonyl (C=O) groups excluding carboxylic acids is 3. The Balaban J connectivity index is 1.51. The number of anilines is 2.